The summed E-state index contributed by atoms with van der Waals surface area (Å²) in [6.45, 7) is 7.79. The fourth-order valence-corrected chi connectivity index (χ4v) is 3.16. The molecule has 0 radical (unpaired) electrons. The van der Waals surface area contributed by atoms with Crippen LogP contribution in [0.5, 0.6) is 0 Å². The summed E-state index contributed by atoms with van der Waals surface area (Å²) in [5.41, 5.74) is 1.39. The van der Waals surface area contributed by atoms with Crippen LogP contribution >= 0.6 is 0 Å². The number of benzene rings is 1. The van der Waals surface area contributed by atoms with Crippen LogP contribution in [0.25, 0.3) is 0 Å². The summed E-state index contributed by atoms with van der Waals surface area (Å²) in [5, 5.41) is 2.88. The molecule has 1 amide bonds. The van der Waals surface area contributed by atoms with Crippen molar-refractivity contribution >= 4 is 5.91 Å². The summed E-state index contributed by atoms with van der Waals surface area (Å²) in [6, 6.07) is 11.2. The Hall–Kier alpha value is -1.43. The fraction of sp³-hybridized carbons (Fsp3) is 0.611. The molecule has 1 fully saturated rings. The molecule has 128 valence electrons. The van der Waals surface area contributed by atoms with Crippen LogP contribution in [0.3, 0.4) is 0 Å². The van der Waals surface area contributed by atoms with Crippen molar-refractivity contribution < 1.29 is 9.53 Å². The zero-order valence-electron chi connectivity index (χ0n) is 14.3. The van der Waals surface area contributed by atoms with E-state index in [1.54, 1.807) is 7.11 Å². The predicted molar refractivity (Wildman–Crippen MR) is 92.4 cm³/mol. The number of carbonyl (C=O) groups excluding carboxylic acids is 1. The lowest BCUT2D eigenvalue weighted by Gasteiger charge is -2.39. The van der Waals surface area contributed by atoms with E-state index in [2.05, 4.69) is 52.4 Å². The van der Waals surface area contributed by atoms with Gasteiger partial charge in [-0.15, -0.1) is 0 Å². The first kappa shape index (κ1) is 17.9. The molecule has 0 bridgehead atoms. The Morgan fingerprint density at radius 2 is 1.91 bits per heavy atom. The molecule has 0 saturated carbocycles. The van der Waals surface area contributed by atoms with Crippen LogP contribution in [0.15, 0.2) is 30.3 Å². The van der Waals surface area contributed by atoms with Gasteiger partial charge in [-0.2, -0.15) is 0 Å². The number of nitrogens with zero attached hydrogens (tertiary/aromatic N) is 2. The highest BCUT2D eigenvalue weighted by Gasteiger charge is 2.24. The van der Waals surface area contributed by atoms with Gasteiger partial charge in [-0.1, -0.05) is 37.3 Å². The Balaban J connectivity index is 1.78. The predicted octanol–water partition coefficient (Wildman–Crippen LogP) is 1.52. The minimum Gasteiger partial charge on any atom is -0.383 e. The lowest BCUT2D eigenvalue weighted by Crippen LogP contribution is -2.50. The van der Waals surface area contributed by atoms with Gasteiger partial charge in [0.1, 0.15) is 0 Å². The zero-order chi connectivity index (χ0) is 16.5. The molecular formula is C18H29N3O2. The standard InChI is InChI=1S/C18H29N3O2/c1-3-17(16-7-5-4-6-8-16)21-12-10-20(11-13-21)15-18(22)19-9-14-23-2/h4-8,17H,3,9-15H2,1-2H3,(H,19,22)/t17-/m1/s1. The number of hydrogen-bond donors (Lipinski definition) is 1. The molecule has 1 aromatic carbocycles. The Labute approximate surface area is 139 Å². The van der Waals surface area contributed by atoms with Crippen molar-refractivity contribution in [3.63, 3.8) is 0 Å². The summed E-state index contributed by atoms with van der Waals surface area (Å²) in [4.78, 5) is 16.6. The second-order valence-electron chi connectivity index (χ2n) is 5.99. The van der Waals surface area contributed by atoms with Crippen molar-refractivity contribution in [2.24, 2.45) is 0 Å². The largest absolute Gasteiger partial charge is 0.383 e. The van der Waals surface area contributed by atoms with E-state index in [0.29, 0.717) is 25.7 Å². The summed E-state index contributed by atoms with van der Waals surface area (Å²) >= 11 is 0. The molecule has 0 aromatic heterocycles. The first-order chi connectivity index (χ1) is 11.2. The molecule has 5 heteroatoms. The first-order valence-corrected chi connectivity index (χ1v) is 8.51. The highest BCUT2D eigenvalue weighted by atomic mass is 16.5. The van der Waals surface area contributed by atoms with Crippen LogP contribution < -0.4 is 5.32 Å². The van der Waals surface area contributed by atoms with Crippen molar-refractivity contribution in [2.45, 2.75) is 19.4 Å². The van der Waals surface area contributed by atoms with Crippen LogP contribution in [-0.4, -0.2) is 68.7 Å². The van der Waals surface area contributed by atoms with E-state index in [0.717, 1.165) is 32.6 Å². The van der Waals surface area contributed by atoms with Crippen LogP contribution in [0.1, 0.15) is 24.9 Å². The quantitative estimate of drug-likeness (QED) is 0.738. The molecule has 1 aliphatic rings. The third-order valence-electron chi connectivity index (χ3n) is 4.41. The van der Waals surface area contributed by atoms with Gasteiger partial charge in [-0.25, -0.2) is 0 Å². The second-order valence-corrected chi connectivity index (χ2v) is 5.99. The van der Waals surface area contributed by atoms with Crippen LogP contribution in [0, 0.1) is 0 Å². The Morgan fingerprint density at radius 3 is 2.52 bits per heavy atom. The van der Waals surface area contributed by atoms with Gasteiger partial charge in [0, 0.05) is 45.9 Å². The molecule has 0 spiro atoms. The highest BCUT2D eigenvalue weighted by Crippen LogP contribution is 2.24. The zero-order valence-corrected chi connectivity index (χ0v) is 14.3. The summed E-state index contributed by atoms with van der Waals surface area (Å²) in [6.07, 6.45) is 1.11. The molecule has 1 atom stereocenters. The molecular weight excluding hydrogens is 290 g/mol. The van der Waals surface area contributed by atoms with Crippen molar-refractivity contribution in [2.75, 3.05) is 53.0 Å². The molecule has 5 nitrogen and oxygen atoms in total. The van der Waals surface area contributed by atoms with Gasteiger partial charge in [0.05, 0.1) is 13.2 Å². The minimum atomic E-state index is 0.0885. The second kappa shape index (κ2) is 9.65. The molecule has 1 saturated heterocycles. The van der Waals surface area contributed by atoms with Gasteiger partial charge < -0.3 is 10.1 Å². The summed E-state index contributed by atoms with van der Waals surface area (Å²) < 4.78 is 4.94. The number of rotatable bonds is 8. The maximum atomic E-state index is 11.9. The van der Waals surface area contributed by atoms with Gasteiger partial charge >= 0.3 is 0 Å². The van der Waals surface area contributed by atoms with Gasteiger partial charge in [0.2, 0.25) is 5.91 Å². The molecule has 0 aliphatic carbocycles. The number of piperazine rings is 1. The number of hydrogen-bond acceptors (Lipinski definition) is 4. The van der Waals surface area contributed by atoms with E-state index >= 15 is 0 Å². The average molecular weight is 319 g/mol. The van der Waals surface area contributed by atoms with Gasteiger partial charge in [0.15, 0.2) is 0 Å². The molecule has 0 unspecified atom stereocenters. The Morgan fingerprint density at radius 1 is 1.22 bits per heavy atom. The van der Waals surface area contributed by atoms with E-state index in [1.165, 1.54) is 5.56 Å². The molecule has 23 heavy (non-hydrogen) atoms. The number of carbonyl (C=O) groups is 1. The average Bonchev–Trinajstić information content (AvgIpc) is 2.58. The van der Waals surface area contributed by atoms with Crippen LogP contribution in [-0.2, 0) is 9.53 Å². The van der Waals surface area contributed by atoms with E-state index in [1.807, 2.05) is 0 Å². The molecule has 1 heterocycles. The smallest absolute Gasteiger partial charge is 0.234 e. The molecule has 1 aromatic rings. The van der Waals surface area contributed by atoms with E-state index < -0.39 is 0 Å². The van der Waals surface area contributed by atoms with Gasteiger partial charge in [-0.05, 0) is 12.0 Å². The number of nitrogens with one attached hydrogen (secondary N) is 1. The lowest BCUT2D eigenvalue weighted by atomic mass is 10.0. The van der Waals surface area contributed by atoms with Crippen molar-refractivity contribution in [1.82, 2.24) is 15.1 Å². The van der Waals surface area contributed by atoms with Crippen LogP contribution in [0.2, 0.25) is 0 Å². The van der Waals surface area contributed by atoms with Crippen molar-refractivity contribution in [3.8, 4) is 0 Å². The Kier molecular flexibility index (Phi) is 7.52. The topological polar surface area (TPSA) is 44.8 Å². The maximum absolute atomic E-state index is 11.9. The number of methoxy groups -OCH3 is 1. The van der Waals surface area contributed by atoms with E-state index in [4.69, 9.17) is 4.74 Å². The maximum Gasteiger partial charge on any atom is 0.234 e. The molecule has 1 aliphatic heterocycles. The fourth-order valence-electron chi connectivity index (χ4n) is 3.16. The normalized spacial score (nSPS) is 17.8. The van der Waals surface area contributed by atoms with Crippen molar-refractivity contribution in [1.29, 1.82) is 0 Å². The van der Waals surface area contributed by atoms with Gasteiger partial charge in [-0.3, -0.25) is 14.6 Å². The third-order valence-corrected chi connectivity index (χ3v) is 4.41. The van der Waals surface area contributed by atoms with Crippen molar-refractivity contribution in [3.05, 3.63) is 35.9 Å². The van der Waals surface area contributed by atoms with Crippen LogP contribution in [0.4, 0.5) is 0 Å². The summed E-state index contributed by atoms with van der Waals surface area (Å²) in [5.74, 6) is 0.0885. The number of ether oxygens (including phenoxy) is 1. The van der Waals surface area contributed by atoms with E-state index in [9.17, 15) is 4.79 Å². The third kappa shape index (κ3) is 5.61. The lowest BCUT2D eigenvalue weighted by molar-refractivity contribution is -0.122. The monoisotopic (exact) mass is 319 g/mol. The minimum absolute atomic E-state index is 0.0885. The molecule has 2 rings (SSSR count). The first-order valence-electron chi connectivity index (χ1n) is 8.51. The van der Waals surface area contributed by atoms with Gasteiger partial charge in [0.25, 0.3) is 0 Å². The van der Waals surface area contributed by atoms with E-state index in [-0.39, 0.29) is 5.91 Å². The SMILES string of the molecule is CC[C@H](c1ccccc1)N1CCN(CC(=O)NCCOC)CC1. The number of amides is 1. The molecule has 1 N–H and O–H groups in total. The summed E-state index contributed by atoms with van der Waals surface area (Å²) in [7, 11) is 1.64. The Bertz CT molecular complexity index is 459. The highest BCUT2D eigenvalue weighted by molar-refractivity contribution is 5.78.